The molecule has 9 heteroatoms. The zero-order valence-electron chi connectivity index (χ0n) is 16.6. The zero-order valence-corrected chi connectivity index (χ0v) is 16.6. The molecule has 2 fully saturated rings. The normalized spacial score (nSPS) is 30.2. The molecule has 2 rings (SSSR count). The summed E-state index contributed by atoms with van der Waals surface area (Å²) in [6, 6.07) is -0.565. The van der Waals surface area contributed by atoms with E-state index in [1.165, 1.54) is 25.9 Å². The predicted molar refractivity (Wildman–Crippen MR) is 90.9 cm³/mol. The quantitative estimate of drug-likeness (QED) is 0.424. The van der Waals surface area contributed by atoms with Crippen molar-refractivity contribution >= 4 is 12.1 Å². The Bertz CT molecular complexity index is 623. The Morgan fingerprint density at radius 2 is 1.73 bits per heavy atom. The Kier molecular flexibility index (Phi) is 4.77. The first-order valence-corrected chi connectivity index (χ1v) is 8.57. The van der Waals surface area contributed by atoms with Gasteiger partial charge in [-0.1, -0.05) is 0 Å². The minimum atomic E-state index is -1.43. The number of nitro groups is 1. The molecular formula is C17H28N2O7. The second-order valence-electron chi connectivity index (χ2n) is 8.86. The molecule has 148 valence electrons. The number of hydrogen-bond acceptors (Lipinski definition) is 7. The van der Waals surface area contributed by atoms with Crippen LogP contribution in [0.25, 0.3) is 0 Å². The fourth-order valence-electron chi connectivity index (χ4n) is 3.63. The van der Waals surface area contributed by atoms with Gasteiger partial charge in [-0.25, -0.2) is 4.79 Å². The number of amides is 1. The molecule has 2 aliphatic rings. The molecule has 1 aliphatic heterocycles. The van der Waals surface area contributed by atoms with Gasteiger partial charge >= 0.3 is 12.1 Å². The van der Waals surface area contributed by atoms with Crippen LogP contribution < -0.4 is 0 Å². The van der Waals surface area contributed by atoms with Gasteiger partial charge in [0.2, 0.25) is 5.54 Å². The SMILES string of the molecule is COC(=O)[C@@H]1[C@@H]2[C@H]1N(C(=O)OC(C)(C)C)C(C)(C)O[C@H]2C(C)(C)[N+](=O)[O-]. The van der Waals surface area contributed by atoms with E-state index >= 15 is 0 Å². The Balaban J connectivity index is 2.42. The number of carbonyl (C=O) groups excluding carboxylic acids is 2. The van der Waals surface area contributed by atoms with Crippen LogP contribution in [0.3, 0.4) is 0 Å². The molecule has 1 heterocycles. The summed E-state index contributed by atoms with van der Waals surface area (Å²) in [4.78, 5) is 37.5. The molecule has 0 radical (unpaired) electrons. The van der Waals surface area contributed by atoms with Gasteiger partial charge in [-0.05, 0) is 34.6 Å². The molecule has 1 amide bonds. The highest BCUT2D eigenvalue weighted by atomic mass is 16.6. The largest absolute Gasteiger partial charge is 0.469 e. The standard InChI is InChI=1S/C17H28N2O7/c1-15(2,3)26-14(21)18-11-9(10(11)13(20)24-8)12(25-17(18,6)7)16(4,5)19(22)23/h9-12H,1-8H3/t9-,10-,11-,12-/m1/s1. The van der Waals surface area contributed by atoms with Crippen LogP contribution in [0, 0.1) is 22.0 Å². The number of ether oxygens (including phenoxy) is 3. The van der Waals surface area contributed by atoms with Crippen LogP contribution in [0.4, 0.5) is 4.79 Å². The minimum absolute atomic E-state index is 0.416. The monoisotopic (exact) mass is 372 g/mol. The second kappa shape index (κ2) is 6.07. The van der Waals surface area contributed by atoms with Crippen LogP contribution in [0.1, 0.15) is 48.5 Å². The van der Waals surface area contributed by atoms with E-state index in [0.717, 1.165) is 0 Å². The summed E-state index contributed by atoms with van der Waals surface area (Å²) in [7, 11) is 1.25. The number of nitrogens with zero attached hydrogens (tertiary/aromatic N) is 2. The van der Waals surface area contributed by atoms with E-state index in [9.17, 15) is 19.7 Å². The highest BCUT2D eigenvalue weighted by molar-refractivity contribution is 5.80. The molecule has 0 aromatic carbocycles. The molecule has 1 aliphatic carbocycles. The summed E-state index contributed by atoms with van der Waals surface area (Å²) >= 11 is 0. The topological polar surface area (TPSA) is 108 Å². The van der Waals surface area contributed by atoms with Crippen LogP contribution in [0.5, 0.6) is 0 Å². The average Bonchev–Trinajstić information content (AvgIpc) is 3.16. The van der Waals surface area contributed by atoms with Gasteiger partial charge in [0.05, 0.1) is 19.1 Å². The van der Waals surface area contributed by atoms with E-state index < -0.39 is 57.8 Å². The smallest absolute Gasteiger partial charge is 0.412 e. The Labute approximate surface area is 153 Å². The average molecular weight is 372 g/mol. The molecule has 0 unspecified atom stereocenters. The summed E-state index contributed by atoms with van der Waals surface area (Å²) in [6.45, 7) is 11.4. The van der Waals surface area contributed by atoms with Crippen molar-refractivity contribution in [1.29, 1.82) is 0 Å². The third-order valence-electron chi connectivity index (χ3n) is 4.91. The summed E-state index contributed by atoms with van der Waals surface area (Å²) in [5.74, 6) is -1.72. The summed E-state index contributed by atoms with van der Waals surface area (Å²) in [6.07, 6.45) is -1.47. The second-order valence-corrected chi connectivity index (χ2v) is 8.86. The lowest BCUT2D eigenvalue weighted by molar-refractivity contribution is -0.580. The van der Waals surface area contributed by atoms with Gasteiger partial charge in [0.15, 0.2) is 0 Å². The third kappa shape index (κ3) is 3.36. The molecule has 0 bridgehead atoms. The van der Waals surface area contributed by atoms with Crippen LogP contribution in [-0.2, 0) is 19.0 Å². The lowest BCUT2D eigenvalue weighted by atomic mass is 9.91. The minimum Gasteiger partial charge on any atom is -0.469 e. The summed E-state index contributed by atoms with van der Waals surface area (Å²) in [5, 5.41) is 11.5. The van der Waals surface area contributed by atoms with Crippen molar-refractivity contribution in [1.82, 2.24) is 4.90 Å². The first kappa shape index (κ1) is 20.4. The lowest BCUT2D eigenvalue weighted by Gasteiger charge is -2.46. The van der Waals surface area contributed by atoms with Crippen LogP contribution >= 0.6 is 0 Å². The Morgan fingerprint density at radius 3 is 2.15 bits per heavy atom. The van der Waals surface area contributed by atoms with E-state index in [2.05, 4.69) is 0 Å². The number of rotatable bonds is 3. The predicted octanol–water partition coefficient (Wildman–Crippen LogP) is 2.20. The Hall–Kier alpha value is -1.90. The van der Waals surface area contributed by atoms with Crippen LogP contribution in [0.15, 0.2) is 0 Å². The van der Waals surface area contributed by atoms with Gasteiger partial charge in [-0.15, -0.1) is 0 Å². The fourth-order valence-corrected chi connectivity index (χ4v) is 3.63. The third-order valence-corrected chi connectivity index (χ3v) is 4.91. The highest BCUT2D eigenvalue weighted by Gasteiger charge is 2.74. The van der Waals surface area contributed by atoms with E-state index in [-0.39, 0.29) is 0 Å². The number of methoxy groups -OCH3 is 1. The first-order valence-electron chi connectivity index (χ1n) is 8.57. The van der Waals surface area contributed by atoms with Crippen LogP contribution in [-0.4, -0.2) is 58.0 Å². The molecule has 0 aromatic rings. The number of carbonyl (C=O) groups is 2. The van der Waals surface area contributed by atoms with E-state index in [4.69, 9.17) is 14.2 Å². The van der Waals surface area contributed by atoms with Gasteiger partial charge in [-0.2, -0.15) is 0 Å². The zero-order chi connectivity index (χ0) is 20.2. The molecule has 4 atom stereocenters. The first-order chi connectivity index (χ1) is 11.6. The maximum Gasteiger partial charge on any atom is 0.412 e. The maximum absolute atomic E-state index is 12.8. The number of fused-ring (bicyclic) bond motifs is 1. The van der Waals surface area contributed by atoms with Crippen molar-refractivity contribution in [3.8, 4) is 0 Å². The fraction of sp³-hybridized carbons (Fsp3) is 0.882. The van der Waals surface area contributed by atoms with Crippen LogP contribution in [0.2, 0.25) is 0 Å². The molecule has 0 aromatic heterocycles. The van der Waals surface area contributed by atoms with E-state index in [0.29, 0.717) is 0 Å². The van der Waals surface area contributed by atoms with Gasteiger partial charge < -0.3 is 14.2 Å². The number of esters is 1. The lowest BCUT2D eigenvalue weighted by Crippen LogP contribution is -2.62. The highest BCUT2D eigenvalue weighted by Crippen LogP contribution is 2.56. The van der Waals surface area contributed by atoms with Gasteiger partial charge in [0.1, 0.15) is 17.4 Å². The van der Waals surface area contributed by atoms with Gasteiger partial charge in [-0.3, -0.25) is 19.8 Å². The van der Waals surface area contributed by atoms with Crippen molar-refractivity contribution in [3.63, 3.8) is 0 Å². The molecular weight excluding hydrogens is 344 g/mol. The number of hydrogen-bond donors (Lipinski definition) is 0. The van der Waals surface area contributed by atoms with Crippen molar-refractivity contribution in [3.05, 3.63) is 10.1 Å². The molecule has 0 N–H and O–H groups in total. The molecule has 1 saturated carbocycles. The van der Waals surface area contributed by atoms with Crippen molar-refractivity contribution in [2.45, 2.75) is 77.5 Å². The summed E-state index contributed by atoms with van der Waals surface area (Å²) in [5.41, 5.74) is -3.33. The van der Waals surface area contributed by atoms with Gasteiger partial charge in [0.25, 0.3) is 0 Å². The van der Waals surface area contributed by atoms with E-state index in [1.807, 2.05) is 0 Å². The Morgan fingerprint density at radius 1 is 1.19 bits per heavy atom. The molecule has 0 spiro atoms. The maximum atomic E-state index is 12.8. The molecule has 9 nitrogen and oxygen atoms in total. The van der Waals surface area contributed by atoms with E-state index in [1.54, 1.807) is 34.6 Å². The molecule has 26 heavy (non-hydrogen) atoms. The van der Waals surface area contributed by atoms with Crippen molar-refractivity contribution < 1.29 is 28.7 Å². The molecule has 1 saturated heterocycles. The van der Waals surface area contributed by atoms with Gasteiger partial charge in [0, 0.05) is 24.7 Å². The van der Waals surface area contributed by atoms with Crippen molar-refractivity contribution in [2.24, 2.45) is 11.8 Å². The van der Waals surface area contributed by atoms with Crippen molar-refractivity contribution in [2.75, 3.05) is 7.11 Å². The summed E-state index contributed by atoms with van der Waals surface area (Å²) < 4.78 is 16.3.